The average molecular weight is 420 g/mol. The van der Waals surface area contributed by atoms with Gasteiger partial charge in [0.05, 0.1) is 23.1 Å². The summed E-state index contributed by atoms with van der Waals surface area (Å²) in [7, 11) is 0. The molecule has 1 aromatic carbocycles. The van der Waals surface area contributed by atoms with Crippen LogP contribution in [0.5, 0.6) is 0 Å². The Morgan fingerprint density at radius 3 is 3.03 bits per heavy atom. The minimum atomic E-state index is -0.273. The molecule has 4 heterocycles. The molecule has 4 aromatic rings. The second kappa shape index (κ2) is 7.85. The van der Waals surface area contributed by atoms with Gasteiger partial charge < -0.3 is 16.0 Å². The molecule has 9 heteroatoms. The highest BCUT2D eigenvalue weighted by Gasteiger charge is 2.21. The van der Waals surface area contributed by atoms with Crippen molar-refractivity contribution in [2.75, 3.05) is 23.3 Å². The number of nitrogens with zero attached hydrogens (tertiary/aromatic N) is 5. The van der Waals surface area contributed by atoms with Crippen molar-refractivity contribution in [3.63, 3.8) is 0 Å². The van der Waals surface area contributed by atoms with Crippen molar-refractivity contribution in [2.45, 2.75) is 18.9 Å². The number of benzene rings is 1. The fraction of sp³-hybridized carbons (Fsp3) is 0.238. The summed E-state index contributed by atoms with van der Waals surface area (Å²) in [5, 5.41) is 10.9. The first kappa shape index (κ1) is 18.7. The number of pyridine rings is 1. The van der Waals surface area contributed by atoms with Gasteiger partial charge in [0.1, 0.15) is 5.69 Å². The van der Waals surface area contributed by atoms with E-state index in [9.17, 15) is 4.79 Å². The number of thiazole rings is 1. The van der Waals surface area contributed by atoms with Gasteiger partial charge >= 0.3 is 0 Å². The van der Waals surface area contributed by atoms with Gasteiger partial charge in [-0.05, 0) is 25.0 Å². The number of anilines is 2. The van der Waals surface area contributed by atoms with Crippen LogP contribution in [-0.2, 0) is 0 Å². The van der Waals surface area contributed by atoms with Gasteiger partial charge in [0, 0.05) is 42.3 Å². The molecule has 1 aliphatic heterocycles. The molecule has 1 fully saturated rings. The van der Waals surface area contributed by atoms with Crippen LogP contribution in [0.4, 0.5) is 11.4 Å². The molecule has 0 unspecified atom stereocenters. The number of nitrogens with one attached hydrogen (secondary N) is 1. The second-order valence-electron chi connectivity index (χ2n) is 7.34. The zero-order chi connectivity index (χ0) is 20.5. The Hall–Kier alpha value is -3.30. The van der Waals surface area contributed by atoms with E-state index in [1.165, 1.54) is 11.3 Å². The van der Waals surface area contributed by atoms with E-state index in [2.05, 4.69) is 25.3 Å². The Labute approximate surface area is 177 Å². The van der Waals surface area contributed by atoms with E-state index in [1.54, 1.807) is 22.5 Å². The van der Waals surface area contributed by atoms with Crippen molar-refractivity contribution in [2.24, 2.45) is 5.73 Å². The Kier molecular flexibility index (Phi) is 4.89. The van der Waals surface area contributed by atoms with Gasteiger partial charge in [-0.2, -0.15) is 5.10 Å². The lowest BCUT2D eigenvalue weighted by molar-refractivity contribution is 0.102. The molecule has 1 saturated heterocycles. The number of hydrogen-bond acceptors (Lipinski definition) is 7. The first-order valence-electron chi connectivity index (χ1n) is 9.83. The molecule has 0 radical (unpaired) electrons. The molecule has 0 spiro atoms. The molecule has 3 aromatic heterocycles. The lowest BCUT2D eigenvalue weighted by Gasteiger charge is -2.33. The van der Waals surface area contributed by atoms with Crippen LogP contribution >= 0.6 is 11.3 Å². The number of carbonyl (C=O) groups excluding carboxylic acids is 1. The van der Waals surface area contributed by atoms with Gasteiger partial charge in [-0.3, -0.25) is 9.78 Å². The topological polar surface area (TPSA) is 102 Å². The number of piperidine rings is 1. The number of nitrogens with two attached hydrogens (primary N) is 1. The molecule has 1 aliphatic rings. The van der Waals surface area contributed by atoms with Crippen LogP contribution in [0.2, 0.25) is 0 Å². The van der Waals surface area contributed by atoms with Gasteiger partial charge in [0.25, 0.3) is 5.91 Å². The number of amides is 1. The average Bonchev–Trinajstić information content (AvgIpc) is 3.41. The van der Waals surface area contributed by atoms with Crippen molar-refractivity contribution in [3.8, 4) is 5.13 Å². The van der Waals surface area contributed by atoms with E-state index in [1.807, 2.05) is 36.5 Å². The quantitative estimate of drug-likeness (QED) is 0.527. The Balaban J connectivity index is 1.36. The van der Waals surface area contributed by atoms with Crippen LogP contribution in [0, 0.1) is 0 Å². The predicted octanol–water partition coefficient (Wildman–Crippen LogP) is 3.06. The van der Waals surface area contributed by atoms with E-state index >= 15 is 0 Å². The normalized spacial score (nSPS) is 16.7. The van der Waals surface area contributed by atoms with Crippen molar-refractivity contribution in [1.82, 2.24) is 19.7 Å². The van der Waals surface area contributed by atoms with E-state index in [4.69, 9.17) is 5.73 Å². The first-order chi connectivity index (χ1) is 14.7. The predicted molar refractivity (Wildman–Crippen MR) is 118 cm³/mol. The van der Waals surface area contributed by atoms with Gasteiger partial charge in [0.2, 0.25) is 5.13 Å². The van der Waals surface area contributed by atoms with Crippen molar-refractivity contribution in [3.05, 3.63) is 60.0 Å². The highest BCUT2D eigenvalue weighted by Crippen LogP contribution is 2.28. The molecule has 8 nitrogen and oxygen atoms in total. The molecule has 1 amide bonds. The van der Waals surface area contributed by atoms with E-state index in [0.29, 0.717) is 16.5 Å². The summed E-state index contributed by atoms with van der Waals surface area (Å²) in [4.78, 5) is 23.7. The third kappa shape index (κ3) is 3.64. The van der Waals surface area contributed by atoms with E-state index < -0.39 is 0 Å². The molecule has 30 heavy (non-hydrogen) atoms. The van der Waals surface area contributed by atoms with Crippen LogP contribution in [0.3, 0.4) is 0 Å². The van der Waals surface area contributed by atoms with Crippen LogP contribution in [0.15, 0.2) is 54.3 Å². The van der Waals surface area contributed by atoms with Crippen molar-refractivity contribution >= 4 is 39.5 Å². The molecule has 152 valence electrons. The van der Waals surface area contributed by atoms with Gasteiger partial charge in [0.15, 0.2) is 0 Å². The maximum Gasteiger partial charge on any atom is 0.275 e. The maximum atomic E-state index is 12.9. The van der Waals surface area contributed by atoms with Crippen LogP contribution in [0.1, 0.15) is 23.3 Å². The standard InChI is InChI=1S/C21H21N7OS/c22-15-5-3-9-27(12-15)19-7-8-23-10-17(19)24-20(29)18-13-30-21(25-18)28-11-14-4-1-2-6-16(14)26-28/h1-2,4,6-8,10-11,13,15H,3,5,9,12,22H2,(H,24,29)/t15-/m0/s1. The summed E-state index contributed by atoms with van der Waals surface area (Å²) in [5.41, 5.74) is 8.96. The number of rotatable bonds is 4. The molecule has 3 N–H and O–H groups in total. The molecular weight excluding hydrogens is 398 g/mol. The SMILES string of the molecule is N[C@H]1CCCN(c2ccncc2NC(=O)c2csc(-n3cc4ccccc4n3)n2)C1. The highest BCUT2D eigenvalue weighted by atomic mass is 32.1. The summed E-state index contributed by atoms with van der Waals surface area (Å²) in [6.45, 7) is 1.68. The fourth-order valence-electron chi connectivity index (χ4n) is 3.71. The third-order valence-corrected chi connectivity index (χ3v) is 6.01. The van der Waals surface area contributed by atoms with Crippen molar-refractivity contribution < 1.29 is 4.79 Å². The van der Waals surface area contributed by atoms with Gasteiger partial charge in [-0.25, -0.2) is 9.67 Å². The molecule has 0 saturated carbocycles. The molecule has 1 atom stereocenters. The molecular formula is C21H21N7OS. The van der Waals surface area contributed by atoms with Crippen LogP contribution < -0.4 is 16.0 Å². The van der Waals surface area contributed by atoms with E-state index in [-0.39, 0.29) is 11.9 Å². The number of fused-ring (bicyclic) bond motifs is 1. The minimum absolute atomic E-state index is 0.140. The molecule has 0 aliphatic carbocycles. The summed E-state index contributed by atoms with van der Waals surface area (Å²) >= 11 is 1.38. The van der Waals surface area contributed by atoms with Crippen molar-refractivity contribution in [1.29, 1.82) is 0 Å². The second-order valence-corrected chi connectivity index (χ2v) is 8.18. The monoisotopic (exact) mass is 419 g/mol. The summed E-state index contributed by atoms with van der Waals surface area (Å²) < 4.78 is 1.71. The zero-order valence-electron chi connectivity index (χ0n) is 16.2. The Bertz CT molecular complexity index is 1170. The molecule has 0 bridgehead atoms. The number of aromatic nitrogens is 4. The number of carbonyl (C=O) groups is 1. The largest absolute Gasteiger partial charge is 0.368 e. The minimum Gasteiger partial charge on any atom is -0.368 e. The summed E-state index contributed by atoms with van der Waals surface area (Å²) in [6, 6.07) is 9.91. The highest BCUT2D eigenvalue weighted by molar-refractivity contribution is 7.12. The first-order valence-corrected chi connectivity index (χ1v) is 10.7. The smallest absolute Gasteiger partial charge is 0.275 e. The van der Waals surface area contributed by atoms with E-state index in [0.717, 1.165) is 42.5 Å². The summed E-state index contributed by atoms with van der Waals surface area (Å²) in [5.74, 6) is -0.273. The maximum absolute atomic E-state index is 12.9. The molecule has 5 rings (SSSR count). The third-order valence-electron chi connectivity index (χ3n) is 5.18. The number of hydrogen-bond donors (Lipinski definition) is 2. The Morgan fingerprint density at radius 2 is 2.17 bits per heavy atom. The van der Waals surface area contributed by atoms with Gasteiger partial charge in [-0.1, -0.05) is 18.2 Å². The summed E-state index contributed by atoms with van der Waals surface area (Å²) in [6.07, 6.45) is 7.36. The van der Waals surface area contributed by atoms with Crippen LogP contribution in [0.25, 0.3) is 16.0 Å². The fourth-order valence-corrected chi connectivity index (χ4v) is 4.44. The lowest BCUT2D eigenvalue weighted by atomic mass is 10.1. The lowest BCUT2D eigenvalue weighted by Crippen LogP contribution is -2.43. The zero-order valence-corrected chi connectivity index (χ0v) is 17.0. The Morgan fingerprint density at radius 1 is 1.27 bits per heavy atom. The van der Waals surface area contributed by atoms with Crippen LogP contribution in [-0.4, -0.2) is 44.8 Å². The van der Waals surface area contributed by atoms with Gasteiger partial charge in [-0.15, -0.1) is 11.3 Å².